The first-order chi connectivity index (χ1) is 11.1. The highest BCUT2D eigenvalue weighted by atomic mass is 35.5. The second-order valence-corrected chi connectivity index (χ2v) is 5.72. The maximum absolute atomic E-state index is 12.8. The molecule has 2 rings (SSSR count). The SMILES string of the molecule is CN(C)C=Nc1cc(C#N)nn1-c1c(Cl)cc(C(F)(F)F)cc1Cl. The monoisotopic (exact) mass is 375 g/mol. The van der Waals surface area contributed by atoms with Crippen molar-refractivity contribution in [1.29, 1.82) is 5.26 Å². The fraction of sp³-hybridized carbons (Fsp3) is 0.214. The molecule has 0 spiro atoms. The Morgan fingerprint density at radius 2 is 1.83 bits per heavy atom. The molecular weight excluding hydrogens is 366 g/mol. The smallest absolute Gasteiger partial charge is 0.369 e. The van der Waals surface area contributed by atoms with E-state index < -0.39 is 11.7 Å². The van der Waals surface area contributed by atoms with Crippen molar-refractivity contribution in [2.75, 3.05) is 14.1 Å². The number of rotatable bonds is 3. The lowest BCUT2D eigenvalue weighted by atomic mass is 10.2. The van der Waals surface area contributed by atoms with Crippen molar-refractivity contribution in [3.05, 3.63) is 39.5 Å². The fourth-order valence-corrected chi connectivity index (χ4v) is 2.44. The molecule has 0 aliphatic rings. The van der Waals surface area contributed by atoms with Crippen molar-refractivity contribution in [2.45, 2.75) is 6.18 Å². The Morgan fingerprint density at radius 1 is 1.25 bits per heavy atom. The molecule has 1 heterocycles. The highest BCUT2D eigenvalue weighted by molar-refractivity contribution is 6.37. The Labute approximate surface area is 145 Å². The lowest BCUT2D eigenvalue weighted by Gasteiger charge is -2.13. The van der Waals surface area contributed by atoms with Gasteiger partial charge >= 0.3 is 6.18 Å². The molecule has 0 aliphatic heterocycles. The fourth-order valence-electron chi connectivity index (χ4n) is 1.79. The van der Waals surface area contributed by atoms with Gasteiger partial charge in [-0.25, -0.2) is 9.67 Å². The molecule has 2 aromatic rings. The van der Waals surface area contributed by atoms with Crippen LogP contribution in [0, 0.1) is 11.3 Å². The van der Waals surface area contributed by atoms with E-state index in [0.29, 0.717) is 0 Å². The third kappa shape index (κ3) is 3.80. The number of nitrogens with zero attached hydrogens (tertiary/aromatic N) is 5. The molecule has 0 saturated heterocycles. The third-order valence-electron chi connectivity index (χ3n) is 2.78. The summed E-state index contributed by atoms with van der Waals surface area (Å²) in [6, 6.07) is 4.69. The van der Waals surface area contributed by atoms with Gasteiger partial charge in [-0.3, -0.25) is 0 Å². The van der Waals surface area contributed by atoms with E-state index in [0.717, 1.165) is 16.8 Å². The maximum Gasteiger partial charge on any atom is 0.416 e. The van der Waals surface area contributed by atoms with E-state index in [4.69, 9.17) is 28.5 Å². The second-order valence-electron chi connectivity index (χ2n) is 4.91. The summed E-state index contributed by atoms with van der Waals surface area (Å²) in [6.45, 7) is 0. The second kappa shape index (κ2) is 6.71. The zero-order valence-electron chi connectivity index (χ0n) is 12.4. The molecule has 1 aromatic carbocycles. The van der Waals surface area contributed by atoms with Crippen molar-refractivity contribution >= 4 is 35.4 Å². The van der Waals surface area contributed by atoms with Crippen LogP contribution in [0.5, 0.6) is 0 Å². The molecule has 0 bridgehead atoms. The summed E-state index contributed by atoms with van der Waals surface area (Å²) in [5.41, 5.74) is -0.945. The van der Waals surface area contributed by atoms with Crippen LogP contribution in [0.25, 0.3) is 5.69 Å². The van der Waals surface area contributed by atoms with Crippen LogP contribution in [-0.4, -0.2) is 35.1 Å². The Morgan fingerprint density at radius 3 is 2.29 bits per heavy atom. The number of benzene rings is 1. The molecule has 5 nitrogen and oxygen atoms in total. The van der Waals surface area contributed by atoms with E-state index >= 15 is 0 Å². The summed E-state index contributed by atoms with van der Waals surface area (Å²) >= 11 is 11.9. The minimum Gasteiger partial charge on any atom is -0.369 e. The van der Waals surface area contributed by atoms with Crippen molar-refractivity contribution < 1.29 is 13.2 Å². The van der Waals surface area contributed by atoms with Crippen LogP contribution < -0.4 is 0 Å². The van der Waals surface area contributed by atoms with Gasteiger partial charge in [-0.15, -0.1) is 0 Å². The summed E-state index contributed by atoms with van der Waals surface area (Å²) in [5, 5.41) is 12.4. The summed E-state index contributed by atoms with van der Waals surface area (Å²) < 4.78 is 39.6. The molecular formula is C14H10Cl2F3N5. The van der Waals surface area contributed by atoms with Crippen LogP contribution >= 0.6 is 23.2 Å². The molecule has 0 aliphatic carbocycles. The minimum absolute atomic E-state index is 0.0127. The molecule has 0 radical (unpaired) electrons. The normalized spacial score (nSPS) is 11.8. The number of hydrogen-bond acceptors (Lipinski definition) is 3. The Balaban J connectivity index is 2.64. The van der Waals surface area contributed by atoms with Crippen LogP contribution in [0.15, 0.2) is 23.2 Å². The van der Waals surface area contributed by atoms with Gasteiger partial charge in [0.15, 0.2) is 11.5 Å². The van der Waals surface area contributed by atoms with Crippen molar-refractivity contribution in [1.82, 2.24) is 14.7 Å². The van der Waals surface area contributed by atoms with Crippen LogP contribution in [0.2, 0.25) is 10.0 Å². The highest BCUT2D eigenvalue weighted by Crippen LogP contribution is 2.38. The van der Waals surface area contributed by atoms with Gasteiger partial charge in [-0.1, -0.05) is 23.2 Å². The number of aromatic nitrogens is 2. The van der Waals surface area contributed by atoms with Gasteiger partial charge in [0.25, 0.3) is 0 Å². The molecule has 0 N–H and O–H groups in total. The van der Waals surface area contributed by atoms with Gasteiger partial charge in [0.1, 0.15) is 11.8 Å². The van der Waals surface area contributed by atoms with Gasteiger partial charge in [0.05, 0.1) is 21.9 Å². The molecule has 0 saturated carbocycles. The number of nitriles is 1. The topological polar surface area (TPSA) is 57.2 Å². The quantitative estimate of drug-likeness (QED) is 0.593. The number of alkyl halides is 3. The Kier molecular flexibility index (Phi) is 5.06. The minimum atomic E-state index is -4.58. The van der Waals surface area contributed by atoms with Crippen LogP contribution in [0.1, 0.15) is 11.3 Å². The maximum atomic E-state index is 12.8. The van der Waals surface area contributed by atoms with E-state index in [-0.39, 0.29) is 27.2 Å². The largest absolute Gasteiger partial charge is 0.416 e. The van der Waals surface area contributed by atoms with Crippen molar-refractivity contribution in [2.24, 2.45) is 4.99 Å². The van der Waals surface area contributed by atoms with E-state index in [1.165, 1.54) is 12.4 Å². The molecule has 0 atom stereocenters. The highest BCUT2D eigenvalue weighted by Gasteiger charge is 2.32. The first kappa shape index (κ1) is 18.1. The summed E-state index contributed by atoms with van der Waals surface area (Å²) in [6.07, 6.45) is -3.14. The molecule has 24 heavy (non-hydrogen) atoms. The Bertz CT molecular complexity index is 811. The average Bonchev–Trinajstić information content (AvgIpc) is 2.86. The first-order valence-electron chi connectivity index (χ1n) is 6.41. The third-order valence-corrected chi connectivity index (χ3v) is 3.36. The Hall–Kier alpha value is -2.24. The standard InChI is InChI=1S/C14H10Cl2F3N5/c1-23(2)7-21-12-5-9(6-20)22-24(12)13-10(15)3-8(4-11(13)16)14(17,18)19/h3-5,7H,1-2H3. The van der Waals surface area contributed by atoms with Gasteiger partial charge in [-0.05, 0) is 12.1 Å². The molecule has 1 aromatic heterocycles. The van der Waals surface area contributed by atoms with E-state index in [9.17, 15) is 13.2 Å². The molecule has 0 fully saturated rings. The van der Waals surface area contributed by atoms with Crippen LogP contribution in [0.3, 0.4) is 0 Å². The lowest BCUT2D eigenvalue weighted by molar-refractivity contribution is -0.137. The summed E-state index contributed by atoms with van der Waals surface area (Å²) in [4.78, 5) is 5.75. The predicted octanol–water partition coefficient (Wildman–Crippen LogP) is 4.29. The number of halogens is 5. The van der Waals surface area contributed by atoms with E-state index in [2.05, 4.69) is 10.1 Å². The molecule has 10 heteroatoms. The van der Waals surface area contributed by atoms with Gasteiger partial charge in [0.2, 0.25) is 0 Å². The molecule has 126 valence electrons. The number of hydrogen-bond donors (Lipinski definition) is 0. The summed E-state index contributed by atoms with van der Waals surface area (Å²) in [5.74, 6) is 0.198. The van der Waals surface area contributed by atoms with Gasteiger partial charge in [-0.2, -0.15) is 23.5 Å². The van der Waals surface area contributed by atoms with E-state index in [1.807, 2.05) is 6.07 Å². The van der Waals surface area contributed by atoms with Gasteiger partial charge < -0.3 is 4.90 Å². The number of aliphatic imine (C=N–C) groups is 1. The van der Waals surface area contributed by atoms with E-state index in [1.54, 1.807) is 19.0 Å². The van der Waals surface area contributed by atoms with Crippen LogP contribution in [0.4, 0.5) is 19.0 Å². The lowest BCUT2D eigenvalue weighted by Crippen LogP contribution is -2.08. The van der Waals surface area contributed by atoms with Crippen molar-refractivity contribution in [3.8, 4) is 11.8 Å². The average molecular weight is 376 g/mol. The zero-order valence-corrected chi connectivity index (χ0v) is 13.9. The molecule has 0 amide bonds. The first-order valence-corrected chi connectivity index (χ1v) is 7.16. The predicted molar refractivity (Wildman–Crippen MR) is 85.1 cm³/mol. The van der Waals surface area contributed by atoms with Crippen molar-refractivity contribution in [3.63, 3.8) is 0 Å². The van der Waals surface area contributed by atoms with Gasteiger partial charge in [0, 0.05) is 20.2 Å². The summed E-state index contributed by atoms with van der Waals surface area (Å²) in [7, 11) is 3.46. The zero-order chi connectivity index (χ0) is 18.1. The van der Waals surface area contributed by atoms with Crippen LogP contribution in [-0.2, 0) is 6.18 Å². The molecule has 0 unspecified atom stereocenters.